The highest BCUT2D eigenvalue weighted by atomic mass is 15.3. The fourth-order valence-electron chi connectivity index (χ4n) is 2.26. The molecule has 1 heterocycles. The number of rotatable bonds is 6. The summed E-state index contributed by atoms with van der Waals surface area (Å²) in [4.78, 5) is 5.12. The van der Waals surface area contributed by atoms with E-state index < -0.39 is 0 Å². The van der Waals surface area contributed by atoms with Gasteiger partial charge in [0, 0.05) is 25.7 Å². The van der Waals surface area contributed by atoms with Gasteiger partial charge in [-0.1, -0.05) is 13.8 Å². The molecule has 1 aliphatic rings. The molecule has 1 unspecified atom stereocenters. The van der Waals surface area contributed by atoms with Crippen LogP contribution in [0.3, 0.4) is 0 Å². The molecule has 90 valence electrons. The summed E-state index contributed by atoms with van der Waals surface area (Å²) >= 11 is 0. The highest BCUT2D eigenvalue weighted by molar-refractivity contribution is 4.78. The predicted molar refractivity (Wildman–Crippen MR) is 66.3 cm³/mol. The van der Waals surface area contributed by atoms with E-state index >= 15 is 0 Å². The second kappa shape index (κ2) is 7.20. The Hall–Kier alpha value is -0.120. The zero-order valence-corrected chi connectivity index (χ0v) is 10.6. The van der Waals surface area contributed by atoms with E-state index in [1.165, 1.54) is 45.6 Å². The molecule has 1 N–H and O–H groups in total. The molecule has 1 fully saturated rings. The number of likely N-dealkylation sites (N-methyl/N-ethyl adjacent to an activating group) is 1. The van der Waals surface area contributed by atoms with Gasteiger partial charge >= 0.3 is 0 Å². The topological polar surface area (TPSA) is 18.5 Å². The fourth-order valence-corrected chi connectivity index (χ4v) is 2.26. The number of hydrogen-bond acceptors (Lipinski definition) is 3. The van der Waals surface area contributed by atoms with E-state index in [0.29, 0.717) is 0 Å². The lowest BCUT2D eigenvalue weighted by Gasteiger charge is -2.39. The van der Waals surface area contributed by atoms with E-state index in [-0.39, 0.29) is 0 Å². The van der Waals surface area contributed by atoms with Gasteiger partial charge in [0.25, 0.3) is 0 Å². The zero-order chi connectivity index (χ0) is 11.1. The number of nitrogens with zero attached hydrogens (tertiary/aromatic N) is 2. The normalized spacial score (nSPS) is 24.6. The van der Waals surface area contributed by atoms with Crippen LogP contribution in [0.5, 0.6) is 0 Å². The van der Waals surface area contributed by atoms with Gasteiger partial charge in [0.05, 0.1) is 0 Å². The van der Waals surface area contributed by atoms with E-state index in [4.69, 9.17) is 0 Å². The molecule has 1 rings (SSSR count). The van der Waals surface area contributed by atoms with Gasteiger partial charge in [-0.15, -0.1) is 0 Å². The summed E-state index contributed by atoms with van der Waals surface area (Å²) in [5.74, 6) is 0. The minimum atomic E-state index is 0.776. The lowest BCUT2D eigenvalue weighted by molar-refractivity contribution is 0.0925. The van der Waals surface area contributed by atoms with Crippen molar-refractivity contribution in [3.05, 3.63) is 0 Å². The zero-order valence-electron chi connectivity index (χ0n) is 10.6. The first-order valence-electron chi connectivity index (χ1n) is 6.41. The first-order chi connectivity index (χ1) is 7.27. The highest BCUT2D eigenvalue weighted by Gasteiger charge is 2.21. The molecule has 1 saturated heterocycles. The Labute approximate surface area is 94.8 Å². The molecule has 0 aromatic rings. The Morgan fingerprint density at radius 3 is 2.73 bits per heavy atom. The van der Waals surface area contributed by atoms with E-state index in [1.54, 1.807) is 0 Å². The molecule has 1 aliphatic heterocycles. The van der Waals surface area contributed by atoms with E-state index in [2.05, 4.69) is 36.0 Å². The minimum Gasteiger partial charge on any atom is -0.317 e. The van der Waals surface area contributed by atoms with Crippen LogP contribution in [0.2, 0.25) is 0 Å². The number of hydrogen-bond donors (Lipinski definition) is 1. The van der Waals surface area contributed by atoms with Crippen molar-refractivity contribution in [1.82, 2.24) is 15.1 Å². The number of piperazine rings is 1. The molecule has 0 bridgehead atoms. The van der Waals surface area contributed by atoms with Crippen LogP contribution in [0.4, 0.5) is 0 Å². The first-order valence-corrected chi connectivity index (χ1v) is 6.41. The van der Waals surface area contributed by atoms with Gasteiger partial charge in [-0.3, -0.25) is 0 Å². The third kappa shape index (κ3) is 4.49. The van der Waals surface area contributed by atoms with Crippen LogP contribution in [0, 0.1) is 0 Å². The van der Waals surface area contributed by atoms with Crippen molar-refractivity contribution in [2.45, 2.75) is 32.7 Å². The Kier molecular flexibility index (Phi) is 6.22. The molecule has 0 aliphatic carbocycles. The van der Waals surface area contributed by atoms with Crippen molar-refractivity contribution in [3.63, 3.8) is 0 Å². The maximum Gasteiger partial charge on any atom is 0.0218 e. The second-order valence-corrected chi connectivity index (χ2v) is 4.55. The van der Waals surface area contributed by atoms with Gasteiger partial charge < -0.3 is 15.1 Å². The van der Waals surface area contributed by atoms with Gasteiger partial charge in [-0.05, 0) is 39.5 Å². The average molecular weight is 213 g/mol. The van der Waals surface area contributed by atoms with E-state index in [1.807, 2.05) is 0 Å². The van der Waals surface area contributed by atoms with Crippen molar-refractivity contribution in [2.75, 3.05) is 46.3 Å². The molecule has 0 radical (unpaired) electrons. The van der Waals surface area contributed by atoms with Crippen LogP contribution in [-0.2, 0) is 0 Å². The van der Waals surface area contributed by atoms with E-state index in [0.717, 1.165) is 12.6 Å². The lowest BCUT2D eigenvalue weighted by Crippen LogP contribution is -2.51. The molecule has 0 spiro atoms. The SMILES string of the molecule is CCNCCCN1CCN(C)C(CC)C1. The van der Waals surface area contributed by atoms with Crippen LogP contribution in [0.25, 0.3) is 0 Å². The van der Waals surface area contributed by atoms with Gasteiger partial charge in [0.15, 0.2) is 0 Å². The van der Waals surface area contributed by atoms with Crippen molar-refractivity contribution >= 4 is 0 Å². The highest BCUT2D eigenvalue weighted by Crippen LogP contribution is 2.10. The summed E-state index contributed by atoms with van der Waals surface area (Å²) in [5.41, 5.74) is 0. The monoisotopic (exact) mass is 213 g/mol. The van der Waals surface area contributed by atoms with Gasteiger partial charge in [0.1, 0.15) is 0 Å². The predicted octanol–water partition coefficient (Wildman–Crippen LogP) is 1.01. The maximum absolute atomic E-state index is 3.38. The van der Waals surface area contributed by atoms with Crippen LogP contribution in [0.15, 0.2) is 0 Å². The smallest absolute Gasteiger partial charge is 0.0218 e. The molecule has 0 amide bonds. The third-order valence-corrected chi connectivity index (χ3v) is 3.41. The molecule has 0 aromatic carbocycles. The molecule has 3 nitrogen and oxygen atoms in total. The van der Waals surface area contributed by atoms with Gasteiger partial charge in [0.2, 0.25) is 0 Å². The average Bonchev–Trinajstić information content (AvgIpc) is 2.26. The van der Waals surface area contributed by atoms with Crippen LogP contribution in [0.1, 0.15) is 26.7 Å². The van der Waals surface area contributed by atoms with Crippen LogP contribution < -0.4 is 5.32 Å². The van der Waals surface area contributed by atoms with Crippen molar-refractivity contribution in [1.29, 1.82) is 0 Å². The molecule has 1 atom stereocenters. The molecule has 15 heavy (non-hydrogen) atoms. The van der Waals surface area contributed by atoms with Crippen molar-refractivity contribution in [3.8, 4) is 0 Å². The van der Waals surface area contributed by atoms with Gasteiger partial charge in [-0.25, -0.2) is 0 Å². The van der Waals surface area contributed by atoms with E-state index in [9.17, 15) is 0 Å². The molecule has 3 heteroatoms. The molecule has 0 aromatic heterocycles. The summed E-state index contributed by atoms with van der Waals surface area (Å²) in [5, 5.41) is 3.38. The van der Waals surface area contributed by atoms with Gasteiger partial charge in [-0.2, -0.15) is 0 Å². The van der Waals surface area contributed by atoms with Crippen molar-refractivity contribution in [2.24, 2.45) is 0 Å². The third-order valence-electron chi connectivity index (χ3n) is 3.41. The van der Waals surface area contributed by atoms with Crippen LogP contribution >= 0.6 is 0 Å². The lowest BCUT2D eigenvalue weighted by atomic mass is 10.1. The maximum atomic E-state index is 3.38. The largest absolute Gasteiger partial charge is 0.317 e. The summed E-state index contributed by atoms with van der Waals surface area (Å²) in [6.45, 7) is 11.7. The Morgan fingerprint density at radius 1 is 1.27 bits per heavy atom. The molecular formula is C12H27N3. The Morgan fingerprint density at radius 2 is 2.07 bits per heavy atom. The number of nitrogens with one attached hydrogen (secondary N) is 1. The first kappa shape index (κ1) is 12.9. The standard InChI is InChI=1S/C12H27N3/c1-4-12-11-15(10-9-14(12)3)8-6-7-13-5-2/h12-13H,4-11H2,1-3H3. The summed E-state index contributed by atoms with van der Waals surface area (Å²) in [6.07, 6.45) is 2.56. The Bertz CT molecular complexity index is 161. The van der Waals surface area contributed by atoms with Crippen molar-refractivity contribution < 1.29 is 0 Å². The molecular weight excluding hydrogens is 186 g/mol. The van der Waals surface area contributed by atoms with Crippen LogP contribution in [-0.4, -0.2) is 62.2 Å². The molecule has 0 saturated carbocycles. The minimum absolute atomic E-state index is 0.776. The quantitative estimate of drug-likeness (QED) is 0.664. The summed E-state index contributed by atoms with van der Waals surface area (Å²) in [7, 11) is 2.25. The summed E-state index contributed by atoms with van der Waals surface area (Å²) in [6, 6.07) is 0.776. The second-order valence-electron chi connectivity index (χ2n) is 4.55. The summed E-state index contributed by atoms with van der Waals surface area (Å²) < 4.78 is 0. The fraction of sp³-hybridized carbons (Fsp3) is 1.00. The Balaban J connectivity index is 2.14.